The second kappa shape index (κ2) is 6.63. The van der Waals surface area contributed by atoms with Crippen LogP contribution in [-0.2, 0) is 11.8 Å². The molecule has 2 aliphatic rings. The number of amides is 1. The molecule has 1 saturated carbocycles. The number of carbonyl (C=O) groups is 1. The molecule has 1 aliphatic heterocycles. The van der Waals surface area contributed by atoms with Gasteiger partial charge in [0.05, 0.1) is 11.7 Å². The van der Waals surface area contributed by atoms with Crippen LogP contribution in [0.15, 0.2) is 30.6 Å². The van der Waals surface area contributed by atoms with Gasteiger partial charge in [0.1, 0.15) is 11.8 Å². The Hall–Kier alpha value is -2.87. The van der Waals surface area contributed by atoms with Gasteiger partial charge in [0, 0.05) is 49.8 Å². The Morgan fingerprint density at radius 3 is 2.93 bits per heavy atom. The van der Waals surface area contributed by atoms with Gasteiger partial charge >= 0.3 is 0 Å². The third kappa shape index (κ3) is 3.13. The maximum atomic E-state index is 12.0. The lowest BCUT2D eigenvalue weighted by Crippen LogP contribution is -2.24. The Labute approximate surface area is 162 Å². The van der Waals surface area contributed by atoms with E-state index in [0.29, 0.717) is 11.7 Å². The molecule has 0 radical (unpaired) electrons. The Balaban J connectivity index is 1.44. The van der Waals surface area contributed by atoms with Crippen molar-refractivity contribution < 1.29 is 9.53 Å². The van der Waals surface area contributed by atoms with E-state index in [1.54, 1.807) is 10.7 Å². The molecule has 0 aromatic carbocycles. The van der Waals surface area contributed by atoms with Crippen LogP contribution in [0.2, 0.25) is 0 Å². The van der Waals surface area contributed by atoms with Gasteiger partial charge < -0.3 is 15.4 Å². The Morgan fingerprint density at radius 2 is 2.18 bits per heavy atom. The minimum Gasteiger partial charge on any atom is -0.485 e. The number of fused-ring (bicyclic) bond motifs is 1. The first-order chi connectivity index (χ1) is 13.6. The highest BCUT2D eigenvalue weighted by Crippen LogP contribution is 2.33. The number of nitrogens with zero attached hydrogens (tertiary/aromatic N) is 4. The maximum Gasteiger partial charge on any atom is 0.228 e. The molecule has 5 rings (SSSR count). The van der Waals surface area contributed by atoms with E-state index in [0.717, 1.165) is 48.5 Å². The predicted molar refractivity (Wildman–Crippen MR) is 105 cm³/mol. The van der Waals surface area contributed by atoms with Gasteiger partial charge in [-0.05, 0) is 25.0 Å². The van der Waals surface area contributed by atoms with Crippen molar-refractivity contribution in [3.8, 4) is 17.0 Å². The van der Waals surface area contributed by atoms with Crippen LogP contribution in [0.5, 0.6) is 5.75 Å². The summed E-state index contributed by atoms with van der Waals surface area (Å²) in [7, 11) is 1.92. The molecule has 1 saturated heterocycles. The van der Waals surface area contributed by atoms with Crippen molar-refractivity contribution in [2.45, 2.75) is 25.9 Å². The summed E-state index contributed by atoms with van der Waals surface area (Å²) >= 11 is 0. The van der Waals surface area contributed by atoms with Gasteiger partial charge in [-0.1, -0.05) is 6.92 Å². The van der Waals surface area contributed by atoms with E-state index in [-0.39, 0.29) is 17.9 Å². The average Bonchev–Trinajstić information content (AvgIpc) is 3.20. The lowest BCUT2D eigenvalue weighted by atomic mass is 10.1. The Morgan fingerprint density at radius 1 is 1.32 bits per heavy atom. The highest BCUT2D eigenvalue weighted by Gasteiger charge is 2.30. The van der Waals surface area contributed by atoms with Crippen LogP contribution in [0.3, 0.4) is 0 Å². The van der Waals surface area contributed by atoms with E-state index in [1.807, 2.05) is 36.1 Å². The number of pyridine rings is 1. The molecule has 0 spiro atoms. The molecule has 0 unspecified atom stereocenters. The van der Waals surface area contributed by atoms with Gasteiger partial charge in [0.2, 0.25) is 5.91 Å². The topological polar surface area (TPSA) is 85.5 Å². The lowest BCUT2D eigenvalue weighted by molar-refractivity contribution is -0.117. The number of carbonyl (C=O) groups excluding carboxylic acids is 1. The summed E-state index contributed by atoms with van der Waals surface area (Å²) in [5, 5.41) is 15.1. The zero-order valence-corrected chi connectivity index (χ0v) is 16.1. The fourth-order valence-electron chi connectivity index (χ4n) is 3.72. The van der Waals surface area contributed by atoms with Crippen LogP contribution in [0.1, 0.15) is 19.8 Å². The van der Waals surface area contributed by atoms with Crippen molar-refractivity contribution in [3.05, 3.63) is 30.6 Å². The molecule has 8 heteroatoms. The van der Waals surface area contributed by atoms with Crippen molar-refractivity contribution in [1.29, 1.82) is 0 Å². The Bertz CT molecular complexity index is 1030. The predicted octanol–water partition coefficient (Wildman–Crippen LogP) is 2.07. The highest BCUT2D eigenvalue weighted by molar-refractivity contribution is 5.93. The summed E-state index contributed by atoms with van der Waals surface area (Å²) in [4.78, 5) is 12.0. The number of nitrogens with one attached hydrogen (secondary N) is 2. The van der Waals surface area contributed by atoms with Crippen LogP contribution in [0.25, 0.3) is 16.8 Å². The first kappa shape index (κ1) is 17.2. The van der Waals surface area contributed by atoms with Gasteiger partial charge in [-0.15, -0.1) is 0 Å². The number of aryl methyl sites for hydroxylation is 1. The fourth-order valence-corrected chi connectivity index (χ4v) is 3.72. The van der Waals surface area contributed by atoms with Crippen LogP contribution in [-0.4, -0.2) is 44.5 Å². The summed E-state index contributed by atoms with van der Waals surface area (Å²) in [5.74, 6) is 2.05. The van der Waals surface area contributed by atoms with Gasteiger partial charge in [-0.25, -0.2) is 4.52 Å². The largest absolute Gasteiger partial charge is 0.485 e. The van der Waals surface area contributed by atoms with Crippen LogP contribution in [0, 0.1) is 11.8 Å². The SMILES string of the molecule is C[C@H]1CNC[C@H]1Oc1cnn(C)c1-c1ccn2nc(NC(=O)C3CC3)cc2c1. The van der Waals surface area contributed by atoms with Crippen molar-refractivity contribution in [2.24, 2.45) is 18.9 Å². The van der Waals surface area contributed by atoms with Crippen molar-refractivity contribution in [3.63, 3.8) is 0 Å². The number of ether oxygens (including phenoxy) is 1. The quantitative estimate of drug-likeness (QED) is 0.708. The van der Waals surface area contributed by atoms with E-state index in [1.165, 1.54) is 0 Å². The number of hydrogen-bond acceptors (Lipinski definition) is 5. The maximum absolute atomic E-state index is 12.0. The molecule has 0 bridgehead atoms. The van der Waals surface area contributed by atoms with Gasteiger partial charge in [-0.3, -0.25) is 9.48 Å². The summed E-state index contributed by atoms with van der Waals surface area (Å²) in [5.41, 5.74) is 2.85. The van der Waals surface area contributed by atoms with Gasteiger partial charge in [-0.2, -0.15) is 10.2 Å². The Kier molecular flexibility index (Phi) is 4.08. The van der Waals surface area contributed by atoms with E-state index < -0.39 is 0 Å². The second-order valence-electron chi connectivity index (χ2n) is 7.85. The number of aromatic nitrogens is 4. The molecule has 1 amide bonds. The van der Waals surface area contributed by atoms with E-state index in [9.17, 15) is 4.79 Å². The van der Waals surface area contributed by atoms with Gasteiger partial charge in [0.25, 0.3) is 0 Å². The van der Waals surface area contributed by atoms with Crippen LogP contribution >= 0.6 is 0 Å². The fraction of sp³-hybridized carbons (Fsp3) is 0.450. The zero-order valence-electron chi connectivity index (χ0n) is 16.1. The van der Waals surface area contributed by atoms with Crippen molar-refractivity contribution in [1.82, 2.24) is 24.7 Å². The van der Waals surface area contributed by atoms with Gasteiger partial charge in [0.15, 0.2) is 11.6 Å². The summed E-state index contributed by atoms with van der Waals surface area (Å²) in [6.07, 6.45) is 5.77. The number of anilines is 1. The molecular formula is C20H24N6O2. The highest BCUT2D eigenvalue weighted by atomic mass is 16.5. The first-order valence-electron chi connectivity index (χ1n) is 9.78. The second-order valence-corrected chi connectivity index (χ2v) is 7.85. The third-order valence-corrected chi connectivity index (χ3v) is 5.57. The van der Waals surface area contributed by atoms with Crippen molar-refractivity contribution >= 4 is 17.2 Å². The molecule has 146 valence electrons. The molecule has 3 aromatic heterocycles. The summed E-state index contributed by atoms with van der Waals surface area (Å²) < 4.78 is 9.88. The number of hydrogen-bond donors (Lipinski definition) is 2. The monoisotopic (exact) mass is 380 g/mol. The van der Waals surface area contributed by atoms with Crippen molar-refractivity contribution in [2.75, 3.05) is 18.4 Å². The van der Waals surface area contributed by atoms with E-state index in [2.05, 4.69) is 27.8 Å². The minimum absolute atomic E-state index is 0.0604. The van der Waals surface area contributed by atoms with E-state index >= 15 is 0 Å². The normalized spacial score (nSPS) is 21.9. The molecule has 1 aliphatic carbocycles. The smallest absolute Gasteiger partial charge is 0.228 e. The lowest BCUT2D eigenvalue weighted by Gasteiger charge is -2.17. The van der Waals surface area contributed by atoms with E-state index in [4.69, 9.17) is 4.74 Å². The standard InChI is InChI=1S/C20H24N6O2/c1-12-9-21-10-16(12)28-17-11-22-25(2)19(17)14-5-6-26-15(7-14)8-18(24-26)23-20(27)13-3-4-13/h5-8,11-13,16,21H,3-4,9-10H2,1-2H3,(H,23,24,27)/t12-,16+/m0/s1. The summed E-state index contributed by atoms with van der Waals surface area (Å²) in [6.45, 7) is 4.01. The van der Waals surface area contributed by atoms with Crippen LogP contribution in [0.4, 0.5) is 5.82 Å². The average molecular weight is 380 g/mol. The molecule has 2 atom stereocenters. The third-order valence-electron chi connectivity index (χ3n) is 5.57. The molecule has 2 N–H and O–H groups in total. The summed E-state index contributed by atoms with van der Waals surface area (Å²) in [6, 6.07) is 5.93. The molecule has 3 aromatic rings. The zero-order chi connectivity index (χ0) is 19.3. The minimum atomic E-state index is 0.0604. The number of rotatable bonds is 5. The first-order valence-corrected chi connectivity index (χ1v) is 9.78. The van der Waals surface area contributed by atoms with Crippen LogP contribution < -0.4 is 15.4 Å². The molecule has 4 heterocycles. The molecule has 8 nitrogen and oxygen atoms in total. The molecule has 28 heavy (non-hydrogen) atoms. The molecular weight excluding hydrogens is 356 g/mol. The molecule has 2 fully saturated rings.